The van der Waals surface area contributed by atoms with E-state index in [1.54, 1.807) is 0 Å². The Hall–Kier alpha value is -2.55. The van der Waals surface area contributed by atoms with Crippen LogP contribution in [0.5, 0.6) is 0 Å². The number of aromatic nitrogens is 1. The van der Waals surface area contributed by atoms with Gasteiger partial charge in [0.25, 0.3) is 0 Å². The minimum absolute atomic E-state index is 0.737. The van der Waals surface area contributed by atoms with Crippen molar-refractivity contribution in [2.45, 2.75) is 13.8 Å². The number of nitrogen functional groups attached to an aromatic ring is 1. The van der Waals surface area contributed by atoms with Crippen molar-refractivity contribution in [1.29, 1.82) is 0 Å². The molecule has 0 saturated heterocycles. The lowest BCUT2D eigenvalue weighted by Crippen LogP contribution is -2.10. The lowest BCUT2D eigenvalue weighted by atomic mass is 10.1. The van der Waals surface area contributed by atoms with Crippen molar-refractivity contribution in [3.05, 3.63) is 59.8 Å². The summed E-state index contributed by atoms with van der Waals surface area (Å²) < 4.78 is 0. The third-order valence-electron chi connectivity index (χ3n) is 3.70. The third-order valence-corrected chi connectivity index (χ3v) is 3.70. The molecule has 3 nitrogen and oxygen atoms in total. The normalized spacial score (nSPS) is 10.8. The van der Waals surface area contributed by atoms with Crippen LogP contribution in [0.25, 0.3) is 10.9 Å². The fourth-order valence-electron chi connectivity index (χ4n) is 2.73. The summed E-state index contributed by atoms with van der Waals surface area (Å²) in [5.41, 5.74) is 12.3. The smallest absolute Gasteiger partial charge is 0.0743 e. The summed E-state index contributed by atoms with van der Waals surface area (Å²) in [7, 11) is 2.08. The molecule has 0 bridgehead atoms. The van der Waals surface area contributed by atoms with Crippen LogP contribution in [0.1, 0.15) is 11.1 Å². The van der Waals surface area contributed by atoms with Gasteiger partial charge in [0.1, 0.15) is 0 Å². The number of fused-ring (bicyclic) bond motifs is 1. The number of nitrogens with zero attached hydrogens (tertiary/aromatic N) is 2. The second-order valence-corrected chi connectivity index (χ2v) is 5.51. The summed E-state index contributed by atoms with van der Waals surface area (Å²) in [4.78, 5) is 6.60. The Labute approximate surface area is 125 Å². The molecule has 106 valence electrons. The topological polar surface area (TPSA) is 42.2 Å². The third kappa shape index (κ3) is 2.55. The summed E-state index contributed by atoms with van der Waals surface area (Å²) >= 11 is 0. The van der Waals surface area contributed by atoms with Crippen LogP contribution in [0, 0.1) is 13.8 Å². The number of pyridine rings is 1. The minimum atomic E-state index is 0.737. The van der Waals surface area contributed by atoms with Gasteiger partial charge >= 0.3 is 0 Å². The zero-order valence-corrected chi connectivity index (χ0v) is 12.6. The van der Waals surface area contributed by atoms with Gasteiger partial charge in [-0.05, 0) is 61.4 Å². The SMILES string of the molecule is Cc1cc(C)cc(N(C)c2ccnc3cc(N)ccc23)c1. The van der Waals surface area contributed by atoms with Gasteiger partial charge in [-0.3, -0.25) is 4.98 Å². The van der Waals surface area contributed by atoms with E-state index in [1.807, 2.05) is 30.5 Å². The summed E-state index contributed by atoms with van der Waals surface area (Å²) in [5.74, 6) is 0. The maximum Gasteiger partial charge on any atom is 0.0743 e. The monoisotopic (exact) mass is 277 g/mol. The van der Waals surface area contributed by atoms with Crippen molar-refractivity contribution in [2.24, 2.45) is 0 Å². The lowest BCUT2D eigenvalue weighted by Gasteiger charge is -2.22. The van der Waals surface area contributed by atoms with Gasteiger partial charge in [0.05, 0.1) is 11.2 Å². The van der Waals surface area contributed by atoms with Crippen molar-refractivity contribution in [1.82, 2.24) is 4.98 Å². The number of rotatable bonds is 2. The molecule has 0 spiro atoms. The van der Waals surface area contributed by atoms with E-state index in [9.17, 15) is 0 Å². The molecule has 2 aromatic carbocycles. The standard InChI is InChI=1S/C18H19N3/c1-12-8-13(2)10-15(9-12)21(3)18-6-7-20-17-11-14(19)4-5-16(17)18/h4-11H,19H2,1-3H3. The van der Waals surface area contributed by atoms with Crippen molar-refractivity contribution < 1.29 is 0 Å². The molecular weight excluding hydrogens is 258 g/mol. The van der Waals surface area contributed by atoms with E-state index in [-0.39, 0.29) is 0 Å². The summed E-state index contributed by atoms with van der Waals surface area (Å²) in [5, 5.41) is 1.10. The van der Waals surface area contributed by atoms with Crippen molar-refractivity contribution in [3.8, 4) is 0 Å². The molecule has 0 fully saturated rings. The van der Waals surface area contributed by atoms with Crippen LogP contribution in [0.4, 0.5) is 17.1 Å². The molecule has 0 atom stereocenters. The van der Waals surface area contributed by atoms with Crippen molar-refractivity contribution in [3.63, 3.8) is 0 Å². The Morgan fingerprint density at radius 1 is 0.952 bits per heavy atom. The molecule has 3 rings (SSSR count). The fourth-order valence-corrected chi connectivity index (χ4v) is 2.73. The fraction of sp³-hybridized carbons (Fsp3) is 0.167. The van der Waals surface area contributed by atoms with Gasteiger partial charge in [-0.1, -0.05) is 6.07 Å². The van der Waals surface area contributed by atoms with E-state index in [4.69, 9.17) is 5.73 Å². The van der Waals surface area contributed by atoms with E-state index in [0.717, 1.165) is 22.3 Å². The van der Waals surface area contributed by atoms with E-state index in [1.165, 1.54) is 16.8 Å². The first kappa shape index (κ1) is 13.4. The molecule has 0 unspecified atom stereocenters. The molecule has 0 aliphatic rings. The largest absolute Gasteiger partial charge is 0.399 e. The molecule has 21 heavy (non-hydrogen) atoms. The molecule has 2 N–H and O–H groups in total. The number of hydrogen-bond donors (Lipinski definition) is 1. The first-order valence-corrected chi connectivity index (χ1v) is 7.01. The predicted molar refractivity (Wildman–Crippen MR) is 90.1 cm³/mol. The first-order valence-electron chi connectivity index (χ1n) is 7.01. The zero-order chi connectivity index (χ0) is 15.0. The van der Waals surface area contributed by atoms with Gasteiger partial charge in [0.2, 0.25) is 0 Å². The second-order valence-electron chi connectivity index (χ2n) is 5.51. The predicted octanol–water partition coefficient (Wildman–Crippen LogP) is 4.20. The van der Waals surface area contributed by atoms with Gasteiger partial charge in [0.15, 0.2) is 0 Å². The Morgan fingerprint density at radius 2 is 1.67 bits per heavy atom. The zero-order valence-electron chi connectivity index (χ0n) is 12.6. The maximum atomic E-state index is 5.85. The van der Waals surface area contributed by atoms with Gasteiger partial charge in [-0.2, -0.15) is 0 Å². The molecule has 0 aliphatic heterocycles. The van der Waals surface area contributed by atoms with Crippen LogP contribution in [0.15, 0.2) is 48.7 Å². The molecule has 0 radical (unpaired) electrons. The van der Waals surface area contributed by atoms with Crippen LogP contribution >= 0.6 is 0 Å². The summed E-state index contributed by atoms with van der Waals surface area (Å²) in [6.07, 6.45) is 1.83. The van der Waals surface area contributed by atoms with Gasteiger partial charge < -0.3 is 10.6 Å². The molecule has 1 heterocycles. The maximum absolute atomic E-state index is 5.85. The average molecular weight is 277 g/mol. The number of hydrogen-bond acceptors (Lipinski definition) is 3. The van der Waals surface area contributed by atoms with Crippen molar-refractivity contribution in [2.75, 3.05) is 17.7 Å². The highest BCUT2D eigenvalue weighted by atomic mass is 15.1. The van der Waals surface area contributed by atoms with Crippen LogP contribution in [0.3, 0.4) is 0 Å². The van der Waals surface area contributed by atoms with Crippen molar-refractivity contribution >= 4 is 28.0 Å². The highest BCUT2D eigenvalue weighted by Gasteiger charge is 2.09. The second kappa shape index (κ2) is 5.09. The molecule has 0 saturated carbocycles. The lowest BCUT2D eigenvalue weighted by molar-refractivity contribution is 1.19. The first-order chi connectivity index (χ1) is 10.0. The number of anilines is 3. The Balaban J connectivity index is 2.15. The number of benzene rings is 2. The van der Waals surface area contributed by atoms with E-state index >= 15 is 0 Å². The van der Waals surface area contributed by atoms with Gasteiger partial charge in [0, 0.05) is 30.0 Å². The molecule has 0 aliphatic carbocycles. The molecule has 0 amide bonds. The molecule has 3 heteroatoms. The van der Waals surface area contributed by atoms with E-state index in [2.05, 4.69) is 49.0 Å². The molecule has 1 aromatic heterocycles. The minimum Gasteiger partial charge on any atom is -0.399 e. The van der Waals surface area contributed by atoms with E-state index < -0.39 is 0 Å². The molecular formula is C18H19N3. The average Bonchev–Trinajstić information content (AvgIpc) is 2.44. The van der Waals surface area contributed by atoms with Gasteiger partial charge in [-0.15, -0.1) is 0 Å². The highest BCUT2D eigenvalue weighted by Crippen LogP contribution is 2.31. The number of nitrogens with two attached hydrogens (primary N) is 1. The van der Waals surface area contributed by atoms with Crippen LogP contribution in [-0.4, -0.2) is 12.0 Å². The summed E-state index contributed by atoms with van der Waals surface area (Å²) in [6.45, 7) is 4.24. The molecule has 3 aromatic rings. The highest BCUT2D eigenvalue weighted by molar-refractivity contribution is 5.94. The Bertz CT molecular complexity index is 788. The van der Waals surface area contributed by atoms with E-state index in [0.29, 0.717) is 0 Å². The Morgan fingerprint density at radius 3 is 2.38 bits per heavy atom. The van der Waals surface area contributed by atoms with Crippen LogP contribution < -0.4 is 10.6 Å². The number of aryl methyl sites for hydroxylation is 2. The van der Waals surface area contributed by atoms with Crippen LogP contribution in [-0.2, 0) is 0 Å². The quantitative estimate of drug-likeness (QED) is 0.714. The summed E-state index contributed by atoms with van der Waals surface area (Å²) in [6, 6.07) is 14.5. The Kier molecular flexibility index (Phi) is 3.26. The van der Waals surface area contributed by atoms with Crippen LogP contribution in [0.2, 0.25) is 0 Å². The van der Waals surface area contributed by atoms with Gasteiger partial charge in [-0.25, -0.2) is 0 Å².